The van der Waals surface area contributed by atoms with E-state index >= 15 is 0 Å². The zero-order chi connectivity index (χ0) is 15.7. The lowest BCUT2D eigenvalue weighted by Crippen LogP contribution is -2.41. The molecule has 1 saturated heterocycles. The van der Waals surface area contributed by atoms with Gasteiger partial charge in [0.1, 0.15) is 0 Å². The van der Waals surface area contributed by atoms with E-state index in [0.717, 1.165) is 51.6 Å². The third-order valence-electron chi connectivity index (χ3n) is 4.95. The maximum Gasteiger partial charge on any atom is 0.191 e. The van der Waals surface area contributed by atoms with Crippen LogP contribution in [0.25, 0.3) is 0 Å². The van der Waals surface area contributed by atoms with Gasteiger partial charge < -0.3 is 20.1 Å². The molecular formula is C17H34IN3O2. The highest BCUT2D eigenvalue weighted by atomic mass is 127. The molecule has 0 bridgehead atoms. The number of methoxy groups -OCH3 is 1. The first-order valence-corrected chi connectivity index (χ1v) is 8.91. The van der Waals surface area contributed by atoms with Crippen molar-refractivity contribution in [2.45, 2.75) is 58.0 Å². The lowest BCUT2D eigenvalue weighted by molar-refractivity contribution is 0.0778. The van der Waals surface area contributed by atoms with Crippen molar-refractivity contribution in [2.75, 3.05) is 40.0 Å². The highest BCUT2D eigenvalue weighted by Crippen LogP contribution is 2.44. The number of ether oxygens (including phenoxy) is 2. The van der Waals surface area contributed by atoms with Gasteiger partial charge in [0.25, 0.3) is 0 Å². The van der Waals surface area contributed by atoms with E-state index in [0.29, 0.717) is 11.5 Å². The second-order valence-electron chi connectivity index (χ2n) is 6.64. The molecular weight excluding hydrogens is 405 g/mol. The zero-order valence-electron chi connectivity index (χ0n) is 14.7. The standard InChI is InChI=1S/C17H33N3O2.HI/c1-3-18-16(19-11-7-15-6-4-12-22-15)20-14-17(8-5-9-17)10-13-21-2;/h15H,3-14H2,1-2H3,(H2,18,19,20);1H. The number of hydrogen-bond acceptors (Lipinski definition) is 3. The van der Waals surface area contributed by atoms with Crippen molar-refractivity contribution in [1.29, 1.82) is 0 Å². The Morgan fingerprint density at radius 1 is 1.30 bits per heavy atom. The van der Waals surface area contributed by atoms with Gasteiger partial charge in [0.15, 0.2) is 5.96 Å². The summed E-state index contributed by atoms with van der Waals surface area (Å²) in [5.74, 6) is 0.948. The average Bonchev–Trinajstić information content (AvgIpc) is 2.99. The van der Waals surface area contributed by atoms with Crippen molar-refractivity contribution in [1.82, 2.24) is 10.6 Å². The molecule has 1 aliphatic heterocycles. The van der Waals surface area contributed by atoms with Crippen LogP contribution in [-0.2, 0) is 9.47 Å². The number of aliphatic imine (C=N–C) groups is 1. The van der Waals surface area contributed by atoms with Crippen LogP contribution < -0.4 is 10.6 Å². The van der Waals surface area contributed by atoms with E-state index in [1.165, 1.54) is 32.1 Å². The Balaban J connectivity index is 0.00000264. The van der Waals surface area contributed by atoms with Gasteiger partial charge in [0.2, 0.25) is 0 Å². The van der Waals surface area contributed by atoms with Crippen LogP contribution in [-0.4, -0.2) is 52.0 Å². The lowest BCUT2D eigenvalue weighted by Gasteiger charge is -2.40. The molecule has 1 atom stereocenters. The molecule has 1 aliphatic carbocycles. The van der Waals surface area contributed by atoms with Gasteiger partial charge in [-0.1, -0.05) is 6.42 Å². The molecule has 6 heteroatoms. The predicted octanol–water partition coefficient (Wildman–Crippen LogP) is 2.94. The monoisotopic (exact) mass is 439 g/mol. The first kappa shape index (κ1) is 21.0. The number of guanidine groups is 1. The van der Waals surface area contributed by atoms with Gasteiger partial charge in [-0.05, 0) is 50.9 Å². The van der Waals surface area contributed by atoms with E-state index < -0.39 is 0 Å². The maximum atomic E-state index is 5.67. The van der Waals surface area contributed by atoms with E-state index in [-0.39, 0.29) is 24.0 Å². The second kappa shape index (κ2) is 11.5. The smallest absolute Gasteiger partial charge is 0.191 e. The van der Waals surface area contributed by atoms with Crippen LogP contribution in [0.1, 0.15) is 51.9 Å². The summed E-state index contributed by atoms with van der Waals surface area (Å²) in [7, 11) is 1.78. The van der Waals surface area contributed by atoms with Crippen LogP contribution in [0.3, 0.4) is 0 Å². The highest BCUT2D eigenvalue weighted by Gasteiger charge is 2.36. The largest absolute Gasteiger partial charge is 0.385 e. The fourth-order valence-corrected chi connectivity index (χ4v) is 3.29. The van der Waals surface area contributed by atoms with Crippen molar-refractivity contribution in [2.24, 2.45) is 10.4 Å². The van der Waals surface area contributed by atoms with E-state index in [1.807, 2.05) is 0 Å². The Morgan fingerprint density at radius 2 is 2.13 bits per heavy atom. The van der Waals surface area contributed by atoms with Crippen molar-refractivity contribution in [3.8, 4) is 0 Å². The first-order chi connectivity index (χ1) is 10.8. The molecule has 2 N–H and O–H groups in total. The number of hydrogen-bond donors (Lipinski definition) is 2. The Kier molecular flexibility index (Phi) is 10.5. The molecule has 23 heavy (non-hydrogen) atoms. The van der Waals surface area contributed by atoms with Crippen LogP contribution in [0.5, 0.6) is 0 Å². The molecule has 136 valence electrons. The minimum Gasteiger partial charge on any atom is -0.385 e. The third-order valence-corrected chi connectivity index (χ3v) is 4.95. The molecule has 2 fully saturated rings. The molecule has 1 unspecified atom stereocenters. The molecule has 5 nitrogen and oxygen atoms in total. The van der Waals surface area contributed by atoms with Crippen LogP contribution >= 0.6 is 24.0 Å². The number of halogens is 1. The minimum absolute atomic E-state index is 0. The summed E-state index contributed by atoms with van der Waals surface area (Å²) in [6.45, 7) is 6.63. The molecule has 1 heterocycles. The summed E-state index contributed by atoms with van der Waals surface area (Å²) in [5, 5.41) is 6.80. The fourth-order valence-electron chi connectivity index (χ4n) is 3.29. The first-order valence-electron chi connectivity index (χ1n) is 8.91. The van der Waals surface area contributed by atoms with Crippen LogP contribution in [0.4, 0.5) is 0 Å². The van der Waals surface area contributed by atoms with E-state index in [1.54, 1.807) is 7.11 Å². The molecule has 0 spiro atoms. The Hall–Kier alpha value is -0.0800. The SMILES string of the molecule is CCNC(=NCC1(CCOC)CCC1)NCCC1CCCO1.I. The maximum absolute atomic E-state index is 5.67. The second-order valence-corrected chi connectivity index (χ2v) is 6.64. The molecule has 2 aliphatic rings. The summed E-state index contributed by atoms with van der Waals surface area (Å²) in [6.07, 6.45) is 8.96. The van der Waals surface area contributed by atoms with E-state index in [2.05, 4.69) is 17.6 Å². The summed E-state index contributed by atoms with van der Waals surface area (Å²) in [4.78, 5) is 4.82. The Labute approximate surface area is 158 Å². The molecule has 0 amide bonds. The zero-order valence-corrected chi connectivity index (χ0v) is 17.1. The quantitative estimate of drug-likeness (QED) is 0.330. The van der Waals surface area contributed by atoms with Gasteiger partial charge in [0.05, 0.1) is 6.10 Å². The lowest BCUT2D eigenvalue weighted by atomic mass is 9.67. The Morgan fingerprint density at radius 3 is 2.70 bits per heavy atom. The molecule has 1 saturated carbocycles. The van der Waals surface area contributed by atoms with E-state index in [9.17, 15) is 0 Å². The normalized spacial score (nSPS) is 23.0. The van der Waals surface area contributed by atoms with Gasteiger partial charge in [-0.2, -0.15) is 0 Å². The van der Waals surface area contributed by atoms with Crippen molar-refractivity contribution in [3.63, 3.8) is 0 Å². The summed E-state index contributed by atoms with van der Waals surface area (Å²) in [6, 6.07) is 0. The molecule has 0 aromatic rings. The van der Waals surface area contributed by atoms with Gasteiger partial charge in [-0.3, -0.25) is 4.99 Å². The summed E-state index contributed by atoms with van der Waals surface area (Å²) >= 11 is 0. The summed E-state index contributed by atoms with van der Waals surface area (Å²) in [5.41, 5.74) is 0.382. The van der Waals surface area contributed by atoms with Gasteiger partial charge in [-0.25, -0.2) is 0 Å². The van der Waals surface area contributed by atoms with Crippen molar-refractivity contribution < 1.29 is 9.47 Å². The van der Waals surface area contributed by atoms with Crippen molar-refractivity contribution in [3.05, 3.63) is 0 Å². The minimum atomic E-state index is 0. The molecule has 0 aromatic carbocycles. The number of nitrogens with zero attached hydrogens (tertiary/aromatic N) is 1. The van der Waals surface area contributed by atoms with Gasteiger partial charge >= 0.3 is 0 Å². The summed E-state index contributed by atoms with van der Waals surface area (Å²) < 4.78 is 10.9. The van der Waals surface area contributed by atoms with Crippen LogP contribution in [0.15, 0.2) is 4.99 Å². The number of nitrogens with one attached hydrogen (secondary N) is 2. The average molecular weight is 439 g/mol. The van der Waals surface area contributed by atoms with Gasteiger partial charge in [0, 0.05) is 40.0 Å². The molecule has 0 radical (unpaired) electrons. The van der Waals surface area contributed by atoms with Crippen LogP contribution in [0.2, 0.25) is 0 Å². The Bertz CT molecular complexity index is 343. The van der Waals surface area contributed by atoms with Gasteiger partial charge in [-0.15, -0.1) is 24.0 Å². The topological polar surface area (TPSA) is 54.9 Å². The highest BCUT2D eigenvalue weighted by molar-refractivity contribution is 14.0. The molecule has 2 rings (SSSR count). The fraction of sp³-hybridized carbons (Fsp3) is 0.941. The number of rotatable bonds is 9. The van der Waals surface area contributed by atoms with Crippen molar-refractivity contribution >= 4 is 29.9 Å². The third kappa shape index (κ3) is 7.13. The van der Waals surface area contributed by atoms with E-state index in [4.69, 9.17) is 14.5 Å². The van der Waals surface area contributed by atoms with Crippen LogP contribution in [0, 0.1) is 5.41 Å². The predicted molar refractivity (Wildman–Crippen MR) is 106 cm³/mol. The molecule has 0 aromatic heterocycles.